The van der Waals surface area contributed by atoms with Crippen molar-refractivity contribution in [2.24, 2.45) is 5.73 Å². The van der Waals surface area contributed by atoms with Gasteiger partial charge in [-0.15, -0.1) is 0 Å². The molecule has 0 radical (unpaired) electrons. The second-order valence-corrected chi connectivity index (χ2v) is 2.64. The van der Waals surface area contributed by atoms with Gasteiger partial charge in [-0.1, -0.05) is 6.07 Å². The molecule has 0 aliphatic carbocycles. The number of rotatable bonds is 3. The van der Waals surface area contributed by atoms with Crippen LogP contribution in [0.1, 0.15) is 11.8 Å². The van der Waals surface area contributed by atoms with Gasteiger partial charge in [-0.3, -0.25) is 9.78 Å². The minimum Gasteiger partial charge on any atom is -0.380 e. The molecule has 0 saturated heterocycles. The van der Waals surface area contributed by atoms with Crippen molar-refractivity contribution >= 4 is 5.91 Å². The Kier molecular flexibility index (Phi) is 2.76. The van der Waals surface area contributed by atoms with Crippen molar-refractivity contribution in [3.05, 3.63) is 30.1 Å². The molecule has 14 heavy (non-hydrogen) atoms. The number of aromatic nitrogens is 1. The molecule has 0 bridgehead atoms. The second-order valence-electron chi connectivity index (χ2n) is 2.64. The number of primary amides is 1. The van der Waals surface area contributed by atoms with E-state index in [1.807, 2.05) is 0 Å². The van der Waals surface area contributed by atoms with E-state index in [4.69, 9.17) is 5.11 Å². The van der Waals surface area contributed by atoms with Crippen LogP contribution in [-0.4, -0.2) is 21.9 Å². The van der Waals surface area contributed by atoms with Gasteiger partial charge in [0.25, 0.3) is 5.91 Å². The third kappa shape index (κ3) is 1.85. The number of hydrogen-bond acceptors (Lipinski definition) is 3. The summed E-state index contributed by atoms with van der Waals surface area (Å²) >= 11 is 0. The van der Waals surface area contributed by atoms with E-state index in [2.05, 4.69) is 10.7 Å². The fourth-order valence-corrected chi connectivity index (χ4v) is 0.858. The van der Waals surface area contributed by atoms with E-state index in [-0.39, 0.29) is 5.69 Å². The molecule has 1 atom stereocenters. The summed E-state index contributed by atoms with van der Waals surface area (Å²) in [5, 5.41) is 9.11. The van der Waals surface area contributed by atoms with E-state index in [1.165, 1.54) is 24.4 Å². The number of halogens is 2. The van der Waals surface area contributed by atoms with Crippen LogP contribution in [0.3, 0.4) is 0 Å². The van der Waals surface area contributed by atoms with E-state index < -0.39 is 17.9 Å². The Morgan fingerprint density at radius 3 is 2.64 bits per heavy atom. The topological polar surface area (TPSA) is 76.2 Å². The average Bonchev–Trinajstić information content (AvgIpc) is 2.17. The summed E-state index contributed by atoms with van der Waals surface area (Å²) in [7, 11) is 0. The number of aliphatic hydroxyl groups excluding tert-OH is 1. The average molecular weight is 202 g/mol. The van der Waals surface area contributed by atoms with Crippen molar-refractivity contribution in [3.8, 4) is 0 Å². The van der Waals surface area contributed by atoms with Crippen molar-refractivity contribution in [1.29, 1.82) is 0 Å². The number of nitrogens with zero attached hydrogens (tertiary/aromatic N) is 1. The van der Waals surface area contributed by atoms with Crippen LogP contribution >= 0.6 is 0 Å². The van der Waals surface area contributed by atoms with Crippen LogP contribution in [0.15, 0.2) is 24.4 Å². The molecule has 1 amide bonds. The first-order valence-corrected chi connectivity index (χ1v) is 3.73. The third-order valence-electron chi connectivity index (χ3n) is 1.64. The van der Waals surface area contributed by atoms with Crippen molar-refractivity contribution in [2.75, 3.05) is 0 Å². The van der Waals surface area contributed by atoms with Gasteiger partial charge in [0.2, 0.25) is 0 Å². The van der Waals surface area contributed by atoms with Gasteiger partial charge in [0.1, 0.15) is 0 Å². The highest BCUT2D eigenvalue weighted by atomic mass is 19.3. The predicted octanol–water partition coefficient (Wildman–Crippen LogP) is 0.236. The summed E-state index contributed by atoms with van der Waals surface area (Å²) in [5.41, 5.74) is 4.14. The lowest BCUT2D eigenvalue weighted by molar-refractivity contribution is -0.161. The normalized spacial score (nSPS) is 13.6. The number of alkyl halides is 2. The molecular weight excluding hydrogens is 194 g/mol. The standard InChI is InChI=1S/C8H8F2N2O2/c9-8(10,7(11)14)6(13)5-3-1-2-4-12-5/h1-4,6,13H,(H2,11,14)/t6-/m1/s1. The van der Waals surface area contributed by atoms with Gasteiger partial charge in [-0.05, 0) is 12.1 Å². The van der Waals surface area contributed by atoms with Crippen LogP contribution in [-0.2, 0) is 4.79 Å². The molecular formula is C8H8F2N2O2. The molecule has 0 aliphatic rings. The molecule has 76 valence electrons. The first-order chi connectivity index (χ1) is 6.46. The zero-order chi connectivity index (χ0) is 10.8. The fourth-order valence-electron chi connectivity index (χ4n) is 0.858. The number of carbonyl (C=O) groups excluding carboxylic acids is 1. The smallest absolute Gasteiger partial charge is 0.355 e. The minimum atomic E-state index is -4.01. The summed E-state index contributed by atoms with van der Waals surface area (Å²) in [5.74, 6) is -5.88. The number of amides is 1. The van der Waals surface area contributed by atoms with E-state index in [0.29, 0.717) is 0 Å². The lowest BCUT2D eigenvalue weighted by Gasteiger charge is -2.18. The molecule has 0 aromatic carbocycles. The maximum Gasteiger partial charge on any atom is 0.355 e. The van der Waals surface area contributed by atoms with Gasteiger partial charge in [0.05, 0.1) is 5.69 Å². The van der Waals surface area contributed by atoms with Crippen molar-refractivity contribution in [1.82, 2.24) is 4.98 Å². The highest BCUT2D eigenvalue weighted by Gasteiger charge is 2.46. The molecule has 1 aromatic heterocycles. The van der Waals surface area contributed by atoms with Crippen LogP contribution in [0, 0.1) is 0 Å². The van der Waals surface area contributed by atoms with Crippen LogP contribution in [0.25, 0.3) is 0 Å². The summed E-state index contributed by atoms with van der Waals surface area (Å²) in [6, 6.07) is 4.10. The molecule has 1 heterocycles. The molecule has 3 N–H and O–H groups in total. The van der Waals surface area contributed by atoms with Gasteiger partial charge >= 0.3 is 5.92 Å². The van der Waals surface area contributed by atoms with E-state index in [0.717, 1.165) is 0 Å². The molecule has 6 heteroatoms. The molecule has 1 aromatic rings. The lowest BCUT2D eigenvalue weighted by Crippen LogP contribution is -2.41. The van der Waals surface area contributed by atoms with Crippen LogP contribution in [0.4, 0.5) is 8.78 Å². The van der Waals surface area contributed by atoms with Gasteiger partial charge < -0.3 is 10.8 Å². The Bertz CT molecular complexity index is 329. The van der Waals surface area contributed by atoms with Crippen molar-refractivity contribution < 1.29 is 18.7 Å². The number of aliphatic hydroxyl groups is 1. The Hall–Kier alpha value is -1.56. The molecule has 4 nitrogen and oxygen atoms in total. The summed E-state index contributed by atoms with van der Waals surface area (Å²) in [4.78, 5) is 13.8. The highest BCUT2D eigenvalue weighted by Crippen LogP contribution is 2.29. The third-order valence-corrected chi connectivity index (χ3v) is 1.64. The quantitative estimate of drug-likeness (QED) is 0.736. The summed E-state index contributed by atoms with van der Waals surface area (Å²) < 4.78 is 25.7. The molecule has 0 fully saturated rings. The maximum atomic E-state index is 12.9. The SMILES string of the molecule is NC(=O)C(F)(F)[C@H](O)c1ccccn1. The highest BCUT2D eigenvalue weighted by molar-refractivity contribution is 5.82. The number of hydrogen-bond donors (Lipinski definition) is 2. The second kappa shape index (κ2) is 3.67. The van der Waals surface area contributed by atoms with Gasteiger partial charge in [0, 0.05) is 6.20 Å². The number of carbonyl (C=O) groups is 1. The maximum absolute atomic E-state index is 12.9. The Morgan fingerprint density at radius 1 is 1.57 bits per heavy atom. The van der Waals surface area contributed by atoms with E-state index in [1.54, 1.807) is 0 Å². The van der Waals surface area contributed by atoms with Crippen molar-refractivity contribution in [3.63, 3.8) is 0 Å². The lowest BCUT2D eigenvalue weighted by atomic mass is 10.1. The monoisotopic (exact) mass is 202 g/mol. The molecule has 0 saturated carbocycles. The van der Waals surface area contributed by atoms with Gasteiger partial charge in [0.15, 0.2) is 6.10 Å². The zero-order valence-electron chi connectivity index (χ0n) is 7.02. The first-order valence-electron chi connectivity index (χ1n) is 3.73. The Balaban J connectivity index is 2.96. The Morgan fingerprint density at radius 2 is 2.21 bits per heavy atom. The van der Waals surface area contributed by atoms with E-state index in [9.17, 15) is 13.6 Å². The first kappa shape index (κ1) is 10.5. The number of nitrogens with two attached hydrogens (primary N) is 1. The fraction of sp³-hybridized carbons (Fsp3) is 0.250. The number of pyridine rings is 1. The van der Waals surface area contributed by atoms with Crippen molar-refractivity contribution in [2.45, 2.75) is 12.0 Å². The largest absolute Gasteiger partial charge is 0.380 e. The van der Waals surface area contributed by atoms with Gasteiger partial charge in [-0.2, -0.15) is 8.78 Å². The molecule has 0 aliphatic heterocycles. The zero-order valence-corrected chi connectivity index (χ0v) is 7.02. The molecule has 1 rings (SSSR count). The van der Waals surface area contributed by atoms with Crippen LogP contribution in [0.2, 0.25) is 0 Å². The van der Waals surface area contributed by atoms with Crippen LogP contribution < -0.4 is 5.73 Å². The van der Waals surface area contributed by atoms with Gasteiger partial charge in [-0.25, -0.2) is 0 Å². The van der Waals surface area contributed by atoms with Crippen LogP contribution in [0.5, 0.6) is 0 Å². The predicted molar refractivity (Wildman–Crippen MR) is 43.3 cm³/mol. The summed E-state index contributed by atoms with van der Waals surface area (Å²) in [6.07, 6.45) is -1.07. The summed E-state index contributed by atoms with van der Waals surface area (Å²) in [6.45, 7) is 0. The van der Waals surface area contributed by atoms with E-state index >= 15 is 0 Å². The minimum absolute atomic E-state index is 0.295. The Labute approximate surface area is 78.4 Å². The molecule has 0 unspecified atom stereocenters. The molecule has 0 spiro atoms.